The van der Waals surface area contributed by atoms with Crippen LogP contribution in [0.3, 0.4) is 0 Å². The lowest BCUT2D eigenvalue weighted by Crippen LogP contribution is -2.12. The molecule has 0 saturated carbocycles. The van der Waals surface area contributed by atoms with Crippen LogP contribution in [0, 0.1) is 18.3 Å². The third-order valence-electron chi connectivity index (χ3n) is 7.26. The number of rotatable bonds is 26. The van der Waals surface area contributed by atoms with Gasteiger partial charge in [0.2, 0.25) is 0 Å². The summed E-state index contributed by atoms with van der Waals surface area (Å²) in [7, 11) is 0. The van der Waals surface area contributed by atoms with Gasteiger partial charge in [0.1, 0.15) is 0 Å². The zero-order chi connectivity index (χ0) is 22.8. The minimum Gasteiger partial charge on any atom is -0.0654 e. The molecule has 0 amide bonds. The Labute approximate surface area is 200 Å². The van der Waals surface area contributed by atoms with Crippen LogP contribution in [-0.2, 0) is 0 Å². The fourth-order valence-corrected chi connectivity index (χ4v) is 5.10. The first-order valence-corrected chi connectivity index (χ1v) is 15.1. The van der Waals surface area contributed by atoms with E-state index in [2.05, 4.69) is 34.1 Å². The SMILES string of the molecule is CCCCCCCCC([CH]C(CCCCCC)CCCCCCC)CCCCCCC. The predicted molar refractivity (Wildman–Crippen MR) is 145 cm³/mol. The smallest absolute Gasteiger partial charge is 0.0324 e. The van der Waals surface area contributed by atoms with E-state index in [-0.39, 0.29) is 0 Å². The summed E-state index contributed by atoms with van der Waals surface area (Å²) in [6.07, 6.45) is 37.5. The molecule has 0 heteroatoms. The minimum absolute atomic E-state index is 0.902. The third kappa shape index (κ3) is 23.0. The van der Waals surface area contributed by atoms with Gasteiger partial charge in [0, 0.05) is 0 Å². The Morgan fingerprint density at radius 2 is 0.548 bits per heavy atom. The molecule has 0 fully saturated rings. The summed E-state index contributed by atoms with van der Waals surface area (Å²) in [4.78, 5) is 0. The molecule has 0 N–H and O–H groups in total. The van der Waals surface area contributed by atoms with Crippen molar-refractivity contribution in [2.45, 2.75) is 182 Å². The molecular formula is C31H63. The molecular weight excluding hydrogens is 372 g/mol. The summed E-state index contributed by atoms with van der Waals surface area (Å²) in [5, 5.41) is 0. The van der Waals surface area contributed by atoms with Crippen LogP contribution in [0.15, 0.2) is 0 Å². The van der Waals surface area contributed by atoms with Crippen molar-refractivity contribution in [1.29, 1.82) is 0 Å². The standard InChI is InChI=1S/C31H63/c1-5-9-13-17-20-24-28-31(27-23-19-15-11-7-3)29-30(25-21-16-12-8-4)26-22-18-14-10-6-2/h29-31H,5-28H2,1-4H3. The van der Waals surface area contributed by atoms with E-state index in [0.717, 1.165) is 11.8 Å². The lowest BCUT2D eigenvalue weighted by molar-refractivity contribution is 0.365. The summed E-state index contributed by atoms with van der Waals surface area (Å²) in [5.41, 5.74) is 0. The van der Waals surface area contributed by atoms with Crippen LogP contribution in [0.2, 0.25) is 0 Å². The van der Waals surface area contributed by atoms with Crippen LogP contribution >= 0.6 is 0 Å². The highest BCUT2D eigenvalue weighted by Gasteiger charge is 2.17. The van der Waals surface area contributed by atoms with E-state index in [1.54, 1.807) is 0 Å². The molecule has 0 nitrogen and oxygen atoms in total. The van der Waals surface area contributed by atoms with E-state index in [1.165, 1.54) is 154 Å². The Morgan fingerprint density at radius 1 is 0.323 bits per heavy atom. The average Bonchev–Trinajstić information content (AvgIpc) is 2.78. The molecule has 1 radical (unpaired) electrons. The van der Waals surface area contributed by atoms with Crippen LogP contribution in [0.1, 0.15) is 182 Å². The second-order valence-corrected chi connectivity index (χ2v) is 10.5. The van der Waals surface area contributed by atoms with E-state index in [4.69, 9.17) is 0 Å². The zero-order valence-electron chi connectivity index (χ0n) is 22.7. The summed E-state index contributed by atoms with van der Waals surface area (Å²) in [5.74, 6) is 1.80. The van der Waals surface area contributed by atoms with Gasteiger partial charge in [-0.25, -0.2) is 0 Å². The van der Waals surface area contributed by atoms with E-state index >= 15 is 0 Å². The van der Waals surface area contributed by atoms with E-state index < -0.39 is 0 Å². The molecule has 0 bridgehead atoms. The van der Waals surface area contributed by atoms with Crippen molar-refractivity contribution in [3.05, 3.63) is 6.42 Å². The zero-order valence-corrected chi connectivity index (χ0v) is 22.7. The lowest BCUT2D eigenvalue weighted by Gasteiger charge is -2.24. The van der Waals surface area contributed by atoms with Gasteiger partial charge in [-0.15, -0.1) is 0 Å². The molecule has 0 aromatic carbocycles. The second-order valence-electron chi connectivity index (χ2n) is 10.5. The lowest BCUT2D eigenvalue weighted by atomic mass is 9.82. The van der Waals surface area contributed by atoms with Gasteiger partial charge in [-0.05, 0) is 18.3 Å². The predicted octanol–water partition coefficient (Wildman–Crippen LogP) is 11.9. The quantitative estimate of drug-likeness (QED) is 0.118. The first kappa shape index (κ1) is 31.0. The van der Waals surface area contributed by atoms with Gasteiger partial charge in [0.05, 0.1) is 0 Å². The topological polar surface area (TPSA) is 0 Å². The molecule has 0 spiro atoms. The fraction of sp³-hybridized carbons (Fsp3) is 0.968. The Morgan fingerprint density at radius 3 is 0.839 bits per heavy atom. The molecule has 187 valence electrons. The fourth-order valence-electron chi connectivity index (χ4n) is 5.10. The normalized spacial score (nSPS) is 13.5. The number of hydrogen-bond donors (Lipinski definition) is 0. The summed E-state index contributed by atoms with van der Waals surface area (Å²) < 4.78 is 0. The molecule has 0 saturated heterocycles. The molecule has 2 unspecified atom stereocenters. The van der Waals surface area contributed by atoms with Crippen molar-refractivity contribution in [3.8, 4) is 0 Å². The van der Waals surface area contributed by atoms with Crippen molar-refractivity contribution in [2.24, 2.45) is 11.8 Å². The van der Waals surface area contributed by atoms with Crippen LogP contribution < -0.4 is 0 Å². The third-order valence-corrected chi connectivity index (χ3v) is 7.26. The first-order valence-electron chi connectivity index (χ1n) is 15.1. The molecule has 0 aromatic rings. The molecule has 31 heavy (non-hydrogen) atoms. The Hall–Kier alpha value is 0. The average molecular weight is 436 g/mol. The molecule has 2 atom stereocenters. The van der Waals surface area contributed by atoms with Gasteiger partial charge in [0.15, 0.2) is 0 Å². The van der Waals surface area contributed by atoms with Crippen molar-refractivity contribution in [3.63, 3.8) is 0 Å². The molecule has 0 aliphatic heterocycles. The van der Waals surface area contributed by atoms with Crippen molar-refractivity contribution < 1.29 is 0 Å². The highest BCUT2D eigenvalue weighted by molar-refractivity contribution is 4.84. The van der Waals surface area contributed by atoms with Gasteiger partial charge in [-0.1, -0.05) is 182 Å². The van der Waals surface area contributed by atoms with Gasteiger partial charge >= 0.3 is 0 Å². The largest absolute Gasteiger partial charge is 0.0654 e. The van der Waals surface area contributed by atoms with Crippen molar-refractivity contribution in [2.75, 3.05) is 0 Å². The maximum absolute atomic E-state index is 2.89. The van der Waals surface area contributed by atoms with Crippen LogP contribution in [0.5, 0.6) is 0 Å². The van der Waals surface area contributed by atoms with Gasteiger partial charge < -0.3 is 0 Å². The van der Waals surface area contributed by atoms with E-state index in [1.807, 2.05) is 0 Å². The van der Waals surface area contributed by atoms with Crippen molar-refractivity contribution in [1.82, 2.24) is 0 Å². The van der Waals surface area contributed by atoms with Gasteiger partial charge in [-0.2, -0.15) is 0 Å². The molecule has 0 rings (SSSR count). The summed E-state index contributed by atoms with van der Waals surface area (Å²) in [6, 6.07) is 0. The number of unbranched alkanes of at least 4 members (excludes halogenated alkanes) is 16. The van der Waals surface area contributed by atoms with E-state index in [9.17, 15) is 0 Å². The Kier molecular flexibility index (Phi) is 26.3. The van der Waals surface area contributed by atoms with Crippen LogP contribution in [0.25, 0.3) is 0 Å². The second kappa shape index (κ2) is 26.3. The highest BCUT2D eigenvalue weighted by atomic mass is 14.2. The molecule has 0 aromatic heterocycles. The summed E-state index contributed by atoms with van der Waals surface area (Å²) in [6.45, 7) is 9.33. The van der Waals surface area contributed by atoms with Crippen LogP contribution in [-0.4, -0.2) is 0 Å². The van der Waals surface area contributed by atoms with Crippen molar-refractivity contribution >= 4 is 0 Å². The molecule has 0 heterocycles. The monoisotopic (exact) mass is 435 g/mol. The van der Waals surface area contributed by atoms with Gasteiger partial charge in [-0.3, -0.25) is 0 Å². The van der Waals surface area contributed by atoms with E-state index in [0.29, 0.717) is 0 Å². The molecule has 0 aliphatic rings. The highest BCUT2D eigenvalue weighted by Crippen LogP contribution is 2.30. The number of hydrogen-bond acceptors (Lipinski definition) is 0. The Bertz CT molecular complexity index is 307. The minimum atomic E-state index is 0.902. The van der Waals surface area contributed by atoms with Crippen LogP contribution in [0.4, 0.5) is 0 Å². The molecule has 0 aliphatic carbocycles. The first-order chi connectivity index (χ1) is 15.3. The summed E-state index contributed by atoms with van der Waals surface area (Å²) >= 11 is 0. The maximum Gasteiger partial charge on any atom is -0.0324 e. The van der Waals surface area contributed by atoms with Gasteiger partial charge in [0.25, 0.3) is 0 Å². The maximum atomic E-state index is 2.89. The Balaban J connectivity index is 4.49.